The number of rotatable bonds is 3. The van der Waals surface area contributed by atoms with Crippen LogP contribution < -0.4 is 10.6 Å². The third-order valence-electron chi connectivity index (χ3n) is 3.41. The SMILES string of the molecule is CNc1cncc(C(=O)NC2(C)CCOC2C)n1. The quantitative estimate of drug-likeness (QED) is 0.830. The van der Waals surface area contributed by atoms with Crippen molar-refractivity contribution in [2.24, 2.45) is 0 Å². The summed E-state index contributed by atoms with van der Waals surface area (Å²) in [7, 11) is 1.74. The molecule has 2 atom stereocenters. The van der Waals surface area contributed by atoms with Gasteiger partial charge in [-0.3, -0.25) is 9.78 Å². The Labute approximate surface area is 106 Å². The average molecular weight is 250 g/mol. The number of nitrogens with zero attached hydrogens (tertiary/aromatic N) is 2. The van der Waals surface area contributed by atoms with Crippen molar-refractivity contribution in [3.63, 3.8) is 0 Å². The Bertz CT molecular complexity index is 451. The lowest BCUT2D eigenvalue weighted by Crippen LogP contribution is -2.50. The zero-order chi connectivity index (χ0) is 13.2. The lowest BCUT2D eigenvalue weighted by molar-refractivity contribution is 0.0724. The fourth-order valence-electron chi connectivity index (χ4n) is 1.92. The van der Waals surface area contributed by atoms with Gasteiger partial charge in [-0.25, -0.2) is 4.98 Å². The highest BCUT2D eigenvalue weighted by molar-refractivity contribution is 5.92. The van der Waals surface area contributed by atoms with Crippen LogP contribution in [0, 0.1) is 0 Å². The van der Waals surface area contributed by atoms with Crippen molar-refractivity contribution in [2.45, 2.75) is 31.9 Å². The summed E-state index contributed by atoms with van der Waals surface area (Å²) in [5.41, 5.74) is -0.0313. The molecule has 0 bridgehead atoms. The Morgan fingerprint density at radius 2 is 2.33 bits per heavy atom. The van der Waals surface area contributed by atoms with Gasteiger partial charge < -0.3 is 15.4 Å². The maximum atomic E-state index is 12.1. The Balaban J connectivity index is 2.12. The highest BCUT2D eigenvalue weighted by Crippen LogP contribution is 2.25. The second-order valence-corrected chi connectivity index (χ2v) is 4.67. The first-order valence-electron chi connectivity index (χ1n) is 5.99. The summed E-state index contributed by atoms with van der Waals surface area (Å²) < 4.78 is 5.49. The van der Waals surface area contributed by atoms with Gasteiger partial charge in [-0.15, -0.1) is 0 Å². The van der Waals surface area contributed by atoms with Gasteiger partial charge in [-0.1, -0.05) is 0 Å². The van der Waals surface area contributed by atoms with Gasteiger partial charge in [-0.2, -0.15) is 0 Å². The summed E-state index contributed by atoms with van der Waals surface area (Å²) in [6.07, 6.45) is 3.83. The van der Waals surface area contributed by atoms with E-state index < -0.39 is 0 Å². The van der Waals surface area contributed by atoms with Crippen molar-refractivity contribution in [3.05, 3.63) is 18.1 Å². The van der Waals surface area contributed by atoms with Crippen molar-refractivity contribution >= 4 is 11.7 Å². The van der Waals surface area contributed by atoms with Gasteiger partial charge >= 0.3 is 0 Å². The lowest BCUT2D eigenvalue weighted by atomic mass is 9.94. The van der Waals surface area contributed by atoms with Crippen molar-refractivity contribution in [2.75, 3.05) is 19.0 Å². The summed E-state index contributed by atoms with van der Waals surface area (Å²) in [6.45, 7) is 4.61. The molecule has 2 rings (SSSR count). The van der Waals surface area contributed by atoms with E-state index in [-0.39, 0.29) is 17.6 Å². The number of amides is 1. The van der Waals surface area contributed by atoms with E-state index in [0.717, 1.165) is 6.42 Å². The van der Waals surface area contributed by atoms with Crippen LogP contribution in [-0.2, 0) is 4.74 Å². The van der Waals surface area contributed by atoms with Gasteiger partial charge in [-0.05, 0) is 20.3 Å². The molecule has 2 unspecified atom stereocenters. The van der Waals surface area contributed by atoms with Crippen LogP contribution >= 0.6 is 0 Å². The second-order valence-electron chi connectivity index (χ2n) is 4.67. The molecular weight excluding hydrogens is 232 g/mol. The number of anilines is 1. The van der Waals surface area contributed by atoms with Crippen LogP contribution in [-0.4, -0.2) is 41.2 Å². The molecule has 1 aliphatic heterocycles. The number of carbonyl (C=O) groups is 1. The summed E-state index contributed by atoms with van der Waals surface area (Å²) in [5.74, 6) is 0.350. The molecule has 98 valence electrons. The van der Waals surface area contributed by atoms with Crippen LogP contribution in [0.15, 0.2) is 12.4 Å². The molecule has 0 radical (unpaired) electrons. The first-order chi connectivity index (χ1) is 8.55. The molecule has 1 aromatic rings. The van der Waals surface area contributed by atoms with E-state index in [9.17, 15) is 4.79 Å². The predicted octanol–water partition coefficient (Wildman–Crippen LogP) is 0.816. The van der Waals surface area contributed by atoms with Crippen molar-refractivity contribution < 1.29 is 9.53 Å². The van der Waals surface area contributed by atoms with Crippen LogP contribution in [0.25, 0.3) is 0 Å². The highest BCUT2D eigenvalue weighted by Gasteiger charge is 2.38. The van der Waals surface area contributed by atoms with E-state index >= 15 is 0 Å². The van der Waals surface area contributed by atoms with Crippen LogP contribution in [0.3, 0.4) is 0 Å². The van der Waals surface area contributed by atoms with Crippen molar-refractivity contribution in [1.82, 2.24) is 15.3 Å². The Morgan fingerprint density at radius 3 is 2.94 bits per heavy atom. The largest absolute Gasteiger partial charge is 0.376 e. The fourth-order valence-corrected chi connectivity index (χ4v) is 1.92. The molecule has 0 saturated carbocycles. The van der Waals surface area contributed by atoms with E-state index in [1.165, 1.54) is 6.20 Å². The predicted molar refractivity (Wildman–Crippen MR) is 67.5 cm³/mol. The molecule has 1 amide bonds. The van der Waals surface area contributed by atoms with E-state index in [1.54, 1.807) is 13.2 Å². The molecule has 6 nitrogen and oxygen atoms in total. The number of carbonyl (C=O) groups excluding carboxylic acids is 1. The minimum Gasteiger partial charge on any atom is -0.376 e. The molecular formula is C12H18N4O2. The number of nitrogens with one attached hydrogen (secondary N) is 2. The molecule has 1 aromatic heterocycles. The highest BCUT2D eigenvalue weighted by atomic mass is 16.5. The van der Waals surface area contributed by atoms with E-state index in [0.29, 0.717) is 18.1 Å². The van der Waals surface area contributed by atoms with Crippen molar-refractivity contribution in [3.8, 4) is 0 Å². The third-order valence-corrected chi connectivity index (χ3v) is 3.41. The molecule has 0 aliphatic carbocycles. The van der Waals surface area contributed by atoms with Gasteiger partial charge in [0.15, 0.2) is 0 Å². The Morgan fingerprint density at radius 1 is 1.56 bits per heavy atom. The third kappa shape index (κ3) is 2.43. The molecule has 0 aromatic carbocycles. The molecule has 0 spiro atoms. The van der Waals surface area contributed by atoms with E-state index in [4.69, 9.17) is 4.74 Å². The molecule has 1 aliphatic rings. The van der Waals surface area contributed by atoms with Gasteiger partial charge in [0.2, 0.25) is 0 Å². The first-order valence-corrected chi connectivity index (χ1v) is 5.99. The van der Waals surface area contributed by atoms with Gasteiger partial charge in [0, 0.05) is 13.7 Å². The van der Waals surface area contributed by atoms with Crippen LogP contribution in [0.2, 0.25) is 0 Å². The van der Waals surface area contributed by atoms with Crippen LogP contribution in [0.5, 0.6) is 0 Å². The normalized spacial score (nSPS) is 26.9. The van der Waals surface area contributed by atoms with Crippen LogP contribution in [0.1, 0.15) is 30.8 Å². The summed E-state index contributed by atoms with van der Waals surface area (Å²) in [4.78, 5) is 20.3. The molecule has 1 saturated heterocycles. The Kier molecular flexibility index (Phi) is 3.47. The molecule has 18 heavy (non-hydrogen) atoms. The molecule has 6 heteroatoms. The van der Waals surface area contributed by atoms with Crippen LogP contribution in [0.4, 0.5) is 5.82 Å². The molecule has 2 N–H and O–H groups in total. The summed E-state index contributed by atoms with van der Waals surface area (Å²) in [6, 6.07) is 0. The zero-order valence-electron chi connectivity index (χ0n) is 10.9. The van der Waals surface area contributed by atoms with E-state index in [1.807, 2.05) is 13.8 Å². The molecule has 2 heterocycles. The van der Waals surface area contributed by atoms with Gasteiger partial charge in [0.1, 0.15) is 11.5 Å². The first kappa shape index (κ1) is 12.8. The zero-order valence-corrected chi connectivity index (χ0v) is 10.9. The number of hydrogen-bond acceptors (Lipinski definition) is 5. The summed E-state index contributed by atoms with van der Waals surface area (Å²) >= 11 is 0. The number of hydrogen-bond donors (Lipinski definition) is 2. The topological polar surface area (TPSA) is 76.1 Å². The molecule has 1 fully saturated rings. The summed E-state index contributed by atoms with van der Waals surface area (Å²) in [5, 5.41) is 5.83. The fraction of sp³-hybridized carbons (Fsp3) is 0.583. The second kappa shape index (κ2) is 4.89. The minimum absolute atomic E-state index is 0.00175. The Hall–Kier alpha value is -1.69. The standard InChI is InChI=1S/C12H18N4O2/c1-8-12(2,4-5-18-8)16-11(17)9-6-14-7-10(13-3)15-9/h6-8H,4-5H2,1-3H3,(H,13,15)(H,16,17). The van der Waals surface area contributed by atoms with Gasteiger partial charge in [0.25, 0.3) is 5.91 Å². The average Bonchev–Trinajstić information content (AvgIpc) is 2.69. The number of ether oxygens (including phenoxy) is 1. The van der Waals surface area contributed by atoms with E-state index in [2.05, 4.69) is 20.6 Å². The maximum absolute atomic E-state index is 12.1. The number of aromatic nitrogens is 2. The monoisotopic (exact) mass is 250 g/mol. The smallest absolute Gasteiger partial charge is 0.272 e. The minimum atomic E-state index is -0.339. The van der Waals surface area contributed by atoms with Crippen molar-refractivity contribution in [1.29, 1.82) is 0 Å². The van der Waals surface area contributed by atoms with Gasteiger partial charge in [0.05, 0.1) is 24.0 Å². The maximum Gasteiger partial charge on any atom is 0.272 e. The lowest BCUT2D eigenvalue weighted by Gasteiger charge is -2.28.